The summed E-state index contributed by atoms with van der Waals surface area (Å²) < 4.78 is 22.5. The van der Waals surface area contributed by atoms with Gasteiger partial charge in [0.1, 0.15) is 29.1 Å². The quantitative estimate of drug-likeness (QED) is 0.379. The Morgan fingerprint density at radius 2 is 2.00 bits per heavy atom. The molecule has 3 heterocycles. The number of carbonyl (C=O) groups is 2. The maximum atomic E-state index is 13.1. The Hall–Kier alpha value is -3.26. The molecule has 2 unspecified atom stereocenters. The fourth-order valence-corrected chi connectivity index (χ4v) is 4.19. The number of ether oxygens (including phenoxy) is 3. The second kappa shape index (κ2) is 9.48. The normalized spacial score (nSPS) is 22.5. The lowest BCUT2D eigenvalue weighted by molar-refractivity contribution is -0.141. The molecule has 0 spiro atoms. The van der Waals surface area contributed by atoms with E-state index >= 15 is 0 Å². The highest BCUT2D eigenvalue weighted by molar-refractivity contribution is 6.46. The molecule has 0 bridgehead atoms. The van der Waals surface area contributed by atoms with Gasteiger partial charge in [-0.15, -0.1) is 0 Å². The summed E-state index contributed by atoms with van der Waals surface area (Å²) in [5.74, 6) is -0.433. The standard InChI is InChI=1S/C24H27NO7/c1-3-29-15-9-10-17(19(13-15)30-4-2)22(26)20-21(18-8-6-12-32-18)25(24(28)23(20)27)14-16-7-5-11-31-16/h6,8-10,12-13,16,21,26H,3-5,7,11,14H2,1-2H3/b22-20-. The number of furan rings is 1. The highest BCUT2D eigenvalue weighted by Gasteiger charge is 2.48. The predicted octanol–water partition coefficient (Wildman–Crippen LogP) is 3.68. The molecule has 2 aliphatic rings. The van der Waals surface area contributed by atoms with Crippen LogP contribution in [0.5, 0.6) is 11.5 Å². The van der Waals surface area contributed by atoms with Gasteiger partial charge in [0.2, 0.25) is 0 Å². The van der Waals surface area contributed by atoms with Crippen LogP contribution in [0.4, 0.5) is 0 Å². The Labute approximate surface area is 186 Å². The smallest absolute Gasteiger partial charge is 0.295 e. The molecule has 0 aliphatic carbocycles. The van der Waals surface area contributed by atoms with Crippen molar-refractivity contribution in [2.45, 2.75) is 38.8 Å². The van der Waals surface area contributed by atoms with Gasteiger partial charge in [0, 0.05) is 19.2 Å². The number of rotatable bonds is 8. The molecule has 1 amide bonds. The number of ketones is 1. The van der Waals surface area contributed by atoms with Crippen LogP contribution in [0.2, 0.25) is 0 Å². The number of hydrogen-bond acceptors (Lipinski definition) is 7. The molecule has 2 aliphatic heterocycles. The number of hydrogen-bond donors (Lipinski definition) is 1. The Balaban J connectivity index is 1.80. The average molecular weight is 441 g/mol. The zero-order valence-electron chi connectivity index (χ0n) is 18.2. The summed E-state index contributed by atoms with van der Waals surface area (Å²) in [6.45, 7) is 5.39. The lowest BCUT2D eigenvalue weighted by Crippen LogP contribution is -2.36. The van der Waals surface area contributed by atoms with E-state index in [9.17, 15) is 14.7 Å². The van der Waals surface area contributed by atoms with Crippen LogP contribution in [0.3, 0.4) is 0 Å². The van der Waals surface area contributed by atoms with Crippen LogP contribution in [-0.2, 0) is 14.3 Å². The summed E-state index contributed by atoms with van der Waals surface area (Å²) in [7, 11) is 0. The summed E-state index contributed by atoms with van der Waals surface area (Å²) in [4.78, 5) is 27.5. The van der Waals surface area contributed by atoms with Gasteiger partial charge in [0.05, 0.1) is 36.7 Å². The fourth-order valence-electron chi connectivity index (χ4n) is 4.19. The van der Waals surface area contributed by atoms with Crippen molar-refractivity contribution >= 4 is 17.4 Å². The van der Waals surface area contributed by atoms with Crippen molar-refractivity contribution in [3.63, 3.8) is 0 Å². The third-order valence-electron chi connectivity index (χ3n) is 5.60. The predicted molar refractivity (Wildman–Crippen MR) is 115 cm³/mol. The fraction of sp³-hybridized carbons (Fsp3) is 0.417. The lowest BCUT2D eigenvalue weighted by Gasteiger charge is -2.25. The van der Waals surface area contributed by atoms with Crippen molar-refractivity contribution in [2.24, 2.45) is 0 Å². The van der Waals surface area contributed by atoms with Gasteiger partial charge in [0.15, 0.2) is 0 Å². The first-order valence-electron chi connectivity index (χ1n) is 10.9. The van der Waals surface area contributed by atoms with E-state index in [2.05, 4.69) is 0 Å². The van der Waals surface area contributed by atoms with E-state index in [1.54, 1.807) is 30.3 Å². The minimum Gasteiger partial charge on any atom is -0.507 e. The molecule has 4 rings (SSSR count). The summed E-state index contributed by atoms with van der Waals surface area (Å²) in [5.41, 5.74) is 0.273. The maximum absolute atomic E-state index is 13.1. The molecule has 0 radical (unpaired) electrons. The summed E-state index contributed by atoms with van der Waals surface area (Å²) in [6, 6.07) is 7.49. The van der Waals surface area contributed by atoms with Crippen molar-refractivity contribution in [3.05, 3.63) is 53.5 Å². The van der Waals surface area contributed by atoms with Crippen molar-refractivity contribution in [1.29, 1.82) is 0 Å². The van der Waals surface area contributed by atoms with Gasteiger partial charge in [-0.1, -0.05) is 0 Å². The molecular weight excluding hydrogens is 414 g/mol. The minimum atomic E-state index is -0.852. The third kappa shape index (κ3) is 4.10. The van der Waals surface area contributed by atoms with Gasteiger partial charge < -0.3 is 28.6 Å². The largest absolute Gasteiger partial charge is 0.507 e. The first-order chi connectivity index (χ1) is 15.5. The number of aliphatic hydroxyl groups excluding tert-OH is 1. The Morgan fingerprint density at radius 1 is 1.19 bits per heavy atom. The van der Waals surface area contributed by atoms with Gasteiger partial charge in [-0.2, -0.15) is 0 Å². The first-order valence-corrected chi connectivity index (χ1v) is 10.9. The molecule has 32 heavy (non-hydrogen) atoms. The van der Waals surface area contributed by atoms with Crippen LogP contribution in [0.25, 0.3) is 5.76 Å². The average Bonchev–Trinajstić information content (AvgIpc) is 3.53. The monoisotopic (exact) mass is 441 g/mol. The summed E-state index contributed by atoms with van der Waals surface area (Å²) in [6.07, 6.45) is 3.03. The molecule has 170 valence electrons. The van der Waals surface area contributed by atoms with Crippen LogP contribution in [-0.4, -0.2) is 54.2 Å². The van der Waals surface area contributed by atoms with Gasteiger partial charge in [-0.25, -0.2) is 0 Å². The van der Waals surface area contributed by atoms with Crippen LogP contribution in [0, 0.1) is 0 Å². The SMILES string of the molecule is CCOc1ccc(/C(O)=C2/C(=O)C(=O)N(CC3CCCO3)C2c2ccco2)c(OCC)c1. The van der Waals surface area contributed by atoms with Gasteiger partial charge in [-0.05, 0) is 51.0 Å². The van der Waals surface area contributed by atoms with E-state index in [1.165, 1.54) is 11.2 Å². The van der Waals surface area contributed by atoms with E-state index in [1.807, 2.05) is 13.8 Å². The van der Waals surface area contributed by atoms with E-state index in [0.29, 0.717) is 42.6 Å². The number of carbonyl (C=O) groups excluding carboxylic acids is 2. The van der Waals surface area contributed by atoms with Gasteiger partial charge >= 0.3 is 0 Å². The zero-order valence-corrected chi connectivity index (χ0v) is 18.2. The van der Waals surface area contributed by atoms with Crippen LogP contribution in [0.1, 0.15) is 44.1 Å². The number of Topliss-reactive ketones (excluding diaryl/α,β-unsaturated/α-hetero) is 1. The van der Waals surface area contributed by atoms with E-state index in [-0.39, 0.29) is 24.0 Å². The number of nitrogens with zero attached hydrogens (tertiary/aromatic N) is 1. The van der Waals surface area contributed by atoms with Crippen LogP contribution >= 0.6 is 0 Å². The first kappa shape index (κ1) is 22.0. The summed E-state index contributed by atoms with van der Waals surface area (Å²) >= 11 is 0. The molecule has 1 aromatic carbocycles. The highest BCUT2D eigenvalue weighted by Crippen LogP contribution is 2.42. The van der Waals surface area contributed by atoms with Crippen molar-refractivity contribution in [2.75, 3.05) is 26.4 Å². The number of aliphatic hydroxyl groups is 1. The number of benzene rings is 1. The highest BCUT2D eigenvalue weighted by atomic mass is 16.5. The molecule has 8 nitrogen and oxygen atoms in total. The molecular formula is C24H27NO7. The van der Waals surface area contributed by atoms with Gasteiger partial charge in [-0.3, -0.25) is 9.59 Å². The van der Waals surface area contributed by atoms with Crippen LogP contribution < -0.4 is 9.47 Å². The molecule has 0 saturated carbocycles. The Morgan fingerprint density at radius 3 is 2.66 bits per heavy atom. The number of amides is 1. The molecule has 2 aromatic rings. The van der Waals surface area contributed by atoms with Crippen LogP contribution in [0.15, 0.2) is 46.6 Å². The van der Waals surface area contributed by atoms with Crippen molar-refractivity contribution < 1.29 is 33.3 Å². The second-order valence-electron chi connectivity index (χ2n) is 7.63. The third-order valence-corrected chi connectivity index (χ3v) is 5.60. The Kier molecular flexibility index (Phi) is 6.50. The topological polar surface area (TPSA) is 98.4 Å². The Bertz CT molecular complexity index is 1010. The zero-order chi connectivity index (χ0) is 22.7. The molecule has 2 atom stereocenters. The molecule has 1 aromatic heterocycles. The second-order valence-corrected chi connectivity index (χ2v) is 7.63. The number of likely N-dealkylation sites (tertiary alicyclic amines) is 1. The van der Waals surface area contributed by atoms with E-state index < -0.39 is 17.7 Å². The molecule has 1 N–H and O–H groups in total. The molecule has 8 heteroatoms. The van der Waals surface area contributed by atoms with Crippen molar-refractivity contribution in [3.8, 4) is 11.5 Å². The van der Waals surface area contributed by atoms with Gasteiger partial charge in [0.25, 0.3) is 11.7 Å². The molecule has 2 saturated heterocycles. The van der Waals surface area contributed by atoms with Crippen molar-refractivity contribution in [1.82, 2.24) is 4.90 Å². The van der Waals surface area contributed by atoms with E-state index in [0.717, 1.165) is 12.8 Å². The lowest BCUT2D eigenvalue weighted by atomic mass is 9.98. The maximum Gasteiger partial charge on any atom is 0.295 e. The summed E-state index contributed by atoms with van der Waals surface area (Å²) in [5, 5.41) is 11.3. The molecule has 2 fully saturated rings. The van der Waals surface area contributed by atoms with E-state index in [4.69, 9.17) is 18.6 Å². The minimum absolute atomic E-state index is 0.0342.